The molecule has 0 spiro atoms. The summed E-state index contributed by atoms with van der Waals surface area (Å²) in [6.07, 6.45) is 7.56. The Kier molecular flexibility index (Phi) is 4.93. The fraction of sp³-hybridized carbons (Fsp3) is 0.429. The Hall–Kier alpha value is -1.26. The third-order valence-electron chi connectivity index (χ3n) is 2.79. The van der Waals surface area contributed by atoms with Crippen LogP contribution in [0.5, 0.6) is 0 Å². The maximum Gasteiger partial charge on any atom is 0.0598 e. The molecule has 1 nitrogen and oxygen atoms in total. The van der Waals surface area contributed by atoms with Crippen molar-refractivity contribution in [3.8, 4) is 12.3 Å². The molecular weight excluding hydrogens is 182 g/mol. The van der Waals surface area contributed by atoms with Gasteiger partial charge < -0.3 is 0 Å². The molecule has 0 N–H and O–H groups in total. The first-order chi connectivity index (χ1) is 7.24. The average Bonchev–Trinajstić information content (AvgIpc) is 2.27. The maximum absolute atomic E-state index is 5.28. The third-order valence-corrected chi connectivity index (χ3v) is 2.79. The molecule has 1 rings (SSSR count). The van der Waals surface area contributed by atoms with Gasteiger partial charge in [0.25, 0.3) is 0 Å². The van der Waals surface area contributed by atoms with Crippen LogP contribution in [-0.4, -0.2) is 24.5 Å². The van der Waals surface area contributed by atoms with Gasteiger partial charge in [-0.3, -0.25) is 4.90 Å². The smallest absolute Gasteiger partial charge is 0.0598 e. The molecule has 0 aliphatic heterocycles. The molecule has 0 radical (unpaired) electrons. The van der Waals surface area contributed by atoms with Gasteiger partial charge in [-0.05, 0) is 32.4 Å². The van der Waals surface area contributed by atoms with Gasteiger partial charge in [-0.25, -0.2) is 0 Å². The highest BCUT2D eigenvalue weighted by Crippen LogP contribution is 2.07. The molecular formula is C14H19N. The largest absolute Gasteiger partial charge is 0.293 e. The van der Waals surface area contributed by atoms with Gasteiger partial charge in [0, 0.05) is 6.04 Å². The summed E-state index contributed by atoms with van der Waals surface area (Å²) in [6, 6.07) is 11.1. The van der Waals surface area contributed by atoms with Crippen molar-refractivity contribution in [2.45, 2.75) is 25.8 Å². The molecule has 0 heterocycles. The highest BCUT2D eigenvalue weighted by Gasteiger charge is 2.07. The van der Waals surface area contributed by atoms with Gasteiger partial charge in [0.2, 0.25) is 0 Å². The van der Waals surface area contributed by atoms with E-state index in [0.717, 1.165) is 19.4 Å². The Labute approximate surface area is 93.1 Å². The zero-order chi connectivity index (χ0) is 11.1. The number of nitrogens with zero attached hydrogens (tertiary/aromatic N) is 1. The lowest BCUT2D eigenvalue weighted by Crippen LogP contribution is -2.29. The quantitative estimate of drug-likeness (QED) is 0.662. The molecule has 0 saturated heterocycles. The monoisotopic (exact) mass is 201 g/mol. The molecule has 0 saturated carbocycles. The standard InChI is InChI=1S/C14H19N/c1-4-12-15(3)13(2)10-11-14-8-6-5-7-9-14/h1,5-9,13H,10-12H2,2-3H3. The molecule has 80 valence electrons. The van der Waals surface area contributed by atoms with Crippen LogP contribution in [0.4, 0.5) is 0 Å². The maximum atomic E-state index is 5.28. The van der Waals surface area contributed by atoms with Crippen molar-refractivity contribution < 1.29 is 0 Å². The van der Waals surface area contributed by atoms with E-state index in [0.29, 0.717) is 6.04 Å². The molecule has 1 heteroatoms. The van der Waals surface area contributed by atoms with E-state index >= 15 is 0 Å². The lowest BCUT2D eigenvalue weighted by Gasteiger charge is -2.22. The van der Waals surface area contributed by atoms with E-state index in [1.54, 1.807) is 0 Å². The second kappa shape index (κ2) is 6.27. The summed E-state index contributed by atoms with van der Waals surface area (Å²) in [4.78, 5) is 2.21. The molecule has 0 aliphatic carbocycles. The van der Waals surface area contributed by atoms with Crippen molar-refractivity contribution in [3.05, 3.63) is 35.9 Å². The minimum Gasteiger partial charge on any atom is -0.293 e. The average molecular weight is 201 g/mol. The molecule has 1 aromatic carbocycles. The Bertz CT molecular complexity index is 310. The van der Waals surface area contributed by atoms with Crippen molar-refractivity contribution in [3.63, 3.8) is 0 Å². The number of terminal acetylenes is 1. The Balaban J connectivity index is 2.35. The van der Waals surface area contributed by atoms with Crippen LogP contribution in [0, 0.1) is 12.3 Å². The van der Waals surface area contributed by atoms with Crippen molar-refractivity contribution in [2.75, 3.05) is 13.6 Å². The Morgan fingerprint density at radius 1 is 1.33 bits per heavy atom. The van der Waals surface area contributed by atoms with Gasteiger partial charge in [0.15, 0.2) is 0 Å². The third kappa shape index (κ3) is 4.18. The molecule has 1 unspecified atom stereocenters. The summed E-state index contributed by atoms with van der Waals surface area (Å²) in [5, 5.41) is 0. The molecule has 0 aromatic heterocycles. The minimum atomic E-state index is 0.543. The number of hydrogen-bond acceptors (Lipinski definition) is 1. The molecule has 15 heavy (non-hydrogen) atoms. The second-order valence-electron chi connectivity index (χ2n) is 3.99. The number of rotatable bonds is 5. The van der Waals surface area contributed by atoms with Crippen LogP contribution in [0.25, 0.3) is 0 Å². The summed E-state index contributed by atoms with van der Waals surface area (Å²) >= 11 is 0. The predicted molar refractivity (Wildman–Crippen MR) is 65.7 cm³/mol. The lowest BCUT2D eigenvalue weighted by molar-refractivity contribution is 0.275. The fourth-order valence-electron chi connectivity index (χ4n) is 1.54. The van der Waals surface area contributed by atoms with Gasteiger partial charge in [0.1, 0.15) is 0 Å². The zero-order valence-corrected chi connectivity index (χ0v) is 9.61. The normalized spacial score (nSPS) is 12.4. The first-order valence-corrected chi connectivity index (χ1v) is 5.41. The van der Waals surface area contributed by atoms with E-state index in [2.05, 4.69) is 55.1 Å². The fourth-order valence-corrected chi connectivity index (χ4v) is 1.54. The molecule has 0 bridgehead atoms. The van der Waals surface area contributed by atoms with Crippen LogP contribution in [-0.2, 0) is 6.42 Å². The van der Waals surface area contributed by atoms with Gasteiger partial charge >= 0.3 is 0 Å². The summed E-state index contributed by atoms with van der Waals surface area (Å²) in [5.74, 6) is 2.67. The Morgan fingerprint density at radius 2 is 2.00 bits per heavy atom. The van der Waals surface area contributed by atoms with Crippen molar-refractivity contribution >= 4 is 0 Å². The zero-order valence-electron chi connectivity index (χ0n) is 9.61. The summed E-state index contributed by atoms with van der Waals surface area (Å²) in [6.45, 7) is 2.95. The summed E-state index contributed by atoms with van der Waals surface area (Å²) < 4.78 is 0. The topological polar surface area (TPSA) is 3.24 Å². The minimum absolute atomic E-state index is 0.543. The van der Waals surface area contributed by atoms with Crippen LogP contribution in [0.3, 0.4) is 0 Å². The number of aryl methyl sites for hydroxylation is 1. The van der Waals surface area contributed by atoms with E-state index < -0.39 is 0 Å². The first kappa shape index (κ1) is 11.8. The molecule has 1 atom stereocenters. The van der Waals surface area contributed by atoms with E-state index in [-0.39, 0.29) is 0 Å². The molecule has 0 amide bonds. The van der Waals surface area contributed by atoms with Crippen molar-refractivity contribution in [1.82, 2.24) is 4.90 Å². The van der Waals surface area contributed by atoms with E-state index in [9.17, 15) is 0 Å². The van der Waals surface area contributed by atoms with Crippen LogP contribution < -0.4 is 0 Å². The second-order valence-corrected chi connectivity index (χ2v) is 3.99. The number of hydrogen-bond donors (Lipinski definition) is 0. The highest BCUT2D eigenvalue weighted by atomic mass is 15.1. The van der Waals surface area contributed by atoms with Crippen LogP contribution in [0.15, 0.2) is 30.3 Å². The molecule has 1 aromatic rings. The summed E-state index contributed by atoms with van der Waals surface area (Å²) in [7, 11) is 2.08. The van der Waals surface area contributed by atoms with E-state index in [1.807, 2.05) is 0 Å². The van der Waals surface area contributed by atoms with Crippen molar-refractivity contribution in [2.24, 2.45) is 0 Å². The first-order valence-electron chi connectivity index (χ1n) is 5.41. The predicted octanol–water partition coefficient (Wildman–Crippen LogP) is 2.57. The highest BCUT2D eigenvalue weighted by molar-refractivity contribution is 5.14. The lowest BCUT2D eigenvalue weighted by atomic mass is 10.1. The van der Waals surface area contributed by atoms with Gasteiger partial charge in [-0.2, -0.15) is 0 Å². The van der Waals surface area contributed by atoms with Crippen LogP contribution in [0.2, 0.25) is 0 Å². The molecule has 0 fully saturated rings. The van der Waals surface area contributed by atoms with Gasteiger partial charge in [-0.1, -0.05) is 36.3 Å². The van der Waals surface area contributed by atoms with Gasteiger partial charge in [-0.15, -0.1) is 6.42 Å². The Morgan fingerprint density at radius 3 is 2.60 bits per heavy atom. The number of benzene rings is 1. The molecule has 0 aliphatic rings. The van der Waals surface area contributed by atoms with E-state index in [1.165, 1.54) is 5.56 Å². The van der Waals surface area contributed by atoms with Gasteiger partial charge in [0.05, 0.1) is 6.54 Å². The van der Waals surface area contributed by atoms with E-state index in [4.69, 9.17) is 6.42 Å². The van der Waals surface area contributed by atoms with Crippen LogP contribution in [0.1, 0.15) is 18.9 Å². The van der Waals surface area contributed by atoms with Crippen LogP contribution >= 0.6 is 0 Å². The summed E-state index contributed by atoms with van der Waals surface area (Å²) in [5.41, 5.74) is 1.40. The van der Waals surface area contributed by atoms with Crippen molar-refractivity contribution in [1.29, 1.82) is 0 Å². The SMILES string of the molecule is C#CCN(C)C(C)CCc1ccccc1.